The van der Waals surface area contributed by atoms with Crippen molar-refractivity contribution in [3.63, 3.8) is 0 Å². The molecule has 1 aliphatic heterocycles. The van der Waals surface area contributed by atoms with Gasteiger partial charge in [0.1, 0.15) is 36.1 Å². The maximum atomic E-state index is 10.5. The summed E-state index contributed by atoms with van der Waals surface area (Å²) in [6, 6.07) is 9.18. The highest BCUT2D eigenvalue weighted by atomic mass is 16.6. The molecule has 0 amide bonds. The molecule has 2 heterocycles. The lowest BCUT2D eigenvalue weighted by Gasteiger charge is -2.18. The van der Waals surface area contributed by atoms with Gasteiger partial charge in [0.15, 0.2) is 11.5 Å². The molecule has 2 N–H and O–H groups in total. The molecule has 0 atom stereocenters. The van der Waals surface area contributed by atoms with E-state index in [0.717, 1.165) is 24.0 Å². The molecule has 0 aliphatic carbocycles. The first kappa shape index (κ1) is 17.2. The molecule has 4 rings (SSSR count). The standard InChI is InChI=1S/C20H21N3O4/c1-3-4-12-9-14(15(24)11-17(12)25-2)20-19(21-23-22-20)13-5-6-16-18(10-13)27-8-7-26-16/h5-6,9-11,24H,3-4,7-8H2,1-2H3,(H,21,22,23). The summed E-state index contributed by atoms with van der Waals surface area (Å²) < 4.78 is 16.6. The number of aromatic hydroxyl groups is 1. The number of phenols is 1. The molecular weight excluding hydrogens is 346 g/mol. The maximum Gasteiger partial charge on any atom is 0.162 e. The molecule has 0 radical (unpaired) electrons. The average Bonchev–Trinajstić information content (AvgIpc) is 3.18. The third-order valence-corrected chi connectivity index (χ3v) is 4.54. The van der Waals surface area contributed by atoms with E-state index in [1.165, 1.54) is 0 Å². The van der Waals surface area contributed by atoms with Crippen LogP contribution in [0, 0.1) is 0 Å². The molecule has 0 saturated heterocycles. The van der Waals surface area contributed by atoms with Crippen LogP contribution in [-0.2, 0) is 6.42 Å². The topological polar surface area (TPSA) is 89.5 Å². The van der Waals surface area contributed by atoms with Gasteiger partial charge in [-0.3, -0.25) is 0 Å². The second kappa shape index (κ2) is 7.19. The van der Waals surface area contributed by atoms with Crippen LogP contribution in [0.15, 0.2) is 30.3 Å². The van der Waals surface area contributed by atoms with Crippen LogP contribution in [0.4, 0.5) is 0 Å². The predicted molar refractivity (Wildman–Crippen MR) is 100 cm³/mol. The van der Waals surface area contributed by atoms with Crippen molar-refractivity contribution in [3.05, 3.63) is 35.9 Å². The number of H-pyrrole nitrogens is 1. The number of rotatable bonds is 5. The van der Waals surface area contributed by atoms with Crippen LogP contribution in [0.5, 0.6) is 23.0 Å². The molecule has 1 aromatic heterocycles. The minimum absolute atomic E-state index is 0.0967. The summed E-state index contributed by atoms with van der Waals surface area (Å²) in [4.78, 5) is 0. The summed E-state index contributed by atoms with van der Waals surface area (Å²) >= 11 is 0. The van der Waals surface area contributed by atoms with Crippen molar-refractivity contribution in [1.29, 1.82) is 0 Å². The fourth-order valence-corrected chi connectivity index (χ4v) is 3.27. The summed E-state index contributed by atoms with van der Waals surface area (Å²) in [5.74, 6) is 2.16. The van der Waals surface area contributed by atoms with E-state index in [-0.39, 0.29) is 5.75 Å². The molecule has 0 saturated carbocycles. The predicted octanol–water partition coefficient (Wildman–Crippen LogP) is 3.58. The summed E-state index contributed by atoms with van der Waals surface area (Å²) in [7, 11) is 1.60. The zero-order valence-electron chi connectivity index (χ0n) is 15.3. The van der Waals surface area contributed by atoms with E-state index in [0.29, 0.717) is 47.4 Å². The molecule has 0 spiro atoms. The fraction of sp³-hybridized carbons (Fsp3) is 0.300. The summed E-state index contributed by atoms with van der Waals surface area (Å²) in [6.07, 6.45) is 1.81. The Hall–Kier alpha value is -3.22. The van der Waals surface area contributed by atoms with Crippen molar-refractivity contribution in [3.8, 4) is 45.5 Å². The smallest absolute Gasteiger partial charge is 0.162 e. The number of nitrogens with one attached hydrogen (secondary N) is 1. The van der Waals surface area contributed by atoms with Gasteiger partial charge in [-0.15, -0.1) is 0 Å². The van der Waals surface area contributed by atoms with Crippen molar-refractivity contribution in [2.75, 3.05) is 20.3 Å². The first-order chi connectivity index (χ1) is 13.2. The zero-order chi connectivity index (χ0) is 18.8. The van der Waals surface area contributed by atoms with Crippen LogP contribution < -0.4 is 14.2 Å². The Morgan fingerprint density at radius 1 is 1.07 bits per heavy atom. The third-order valence-electron chi connectivity index (χ3n) is 4.54. The Labute approximate surface area is 156 Å². The number of ether oxygens (including phenoxy) is 3. The van der Waals surface area contributed by atoms with Crippen molar-refractivity contribution in [2.24, 2.45) is 0 Å². The van der Waals surface area contributed by atoms with Gasteiger partial charge in [-0.1, -0.05) is 13.3 Å². The monoisotopic (exact) mass is 367 g/mol. The molecule has 1 aliphatic rings. The van der Waals surface area contributed by atoms with Crippen molar-refractivity contribution in [1.82, 2.24) is 15.4 Å². The molecule has 0 fully saturated rings. The molecule has 0 bridgehead atoms. The van der Waals surface area contributed by atoms with E-state index in [9.17, 15) is 5.11 Å². The lowest BCUT2D eigenvalue weighted by Crippen LogP contribution is -2.15. The van der Waals surface area contributed by atoms with Crippen LogP contribution >= 0.6 is 0 Å². The van der Waals surface area contributed by atoms with Crippen molar-refractivity contribution >= 4 is 0 Å². The van der Waals surface area contributed by atoms with Gasteiger partial charge in [0.05, 0.1) is 7.11 Å². The molecule has 2 aromatic carbocycles. The van der Waals surface area contributed by atoms with Crippen LogP contribution in [0.1, 0.15) is 18.9 Å². The number of fused-ring (bicyclic) bond motifs is 1. The van der Waals surface area contributed by atoms with Gasteiger partial charge < -0.3 is 19.3 Å². The van der Waals surface area contributed by atoms with E-state index in [2.05, 4.69) is 22.3 Å². The van der Waals surface area contributed by atoms with Gasteiger partial charge in [-0.2, -0.15) is 15.4 Å². The summed E-state index contributed by atoms with van der Waals surface area (Å²) in [6.45, 7) is 3.16. The van der Waals surface area contributed by atoms with E-state index >= 15 is 0 Å². The number of benzene rings is 2. The quantitative estimate of drug-likeness (QED) is 0.716. The Morgan fingerprint density at radius 2 is 1.85 bits per heavy atom. The van der Waals surface area contributed by atoms with Crippen LogP contribution in [0.25, 0.3) is 22.5 Å². The molecule has 7 heteroatoms. The number of nitrogens with zero attached hydrogens (tertiary/aromatic N) is 2. The largest absolute Gasteiger partial charge is 0.507 e. The van der Waals surface area contributed by atoms with Crippen LogP contribution in [-0.4, -0.2) is 40.8 Å². The normalized spacial score (nSPS) is 12.8. The second-order valence-electron chi connectivity index (χ2n) is 6.31. The van der Waals surface area contributed by atoms with Gasteiger partial charge in [0.2, 0.25) is 0 Å². The number of hydrogen-bond acceptors (Lipinski definition) is 6. The van der Waals surface area contributed by atoms with E-state index in [1.54, 1.807) is 13.2 Å². The fourth-order valence-electron chi connectivity index (χ4n) is 3.27. The number of aromatic nitrogens is 3. The van der Waals surface area contributed by atoms with Crippen LogP contribution in [0.2, 0.25) is 0 Å². The zero-order valence-corrected chi connectivity index (χ0v) is 15.3. The van der Waals surface area contributed by atoms with E-state index in [1.807, 2.05) is 24.3 Å². The first-order valence-corrected chi connectivity index (χ1v) is 8.92. The van der Waals surface area contributed by atoms with Gasteiger partial charge in [-0.05, 0) is 36.2 Å². The van der Waals surface area contributed by atoms with E-state index < -0.39 is 0 Å². The molecular formula is C20H21N3O4. The molecule has 7 nitrogen and oxygen atoms in total. The Kier molecular flexibility index (Phi) is 4.58. The second-order valence-corrected chi connectivity index (χ2v) is 6.31. The third kappa shape index (κ3) is 3.16. The maximum absolute atomic E-state index is 10.5. The highest BCUT2D eigenvalue weighted by Crippen LogP contribution is 2.40. The van der Waals surface area contributed by atoms with Gasteiger partial charge in [0.25, 0.3) is 0 Å². The number of aryl methyl sites for hydroxylation is 1. The first-order valence-electron chi connectivity index (χ1n) is 8.92. The van der Waals surface area contributed by atoms with Gasteiger partial charge >= 0.3 is 0 Å². The van der Waals surface area contributed by atoms with Gasteiger partial charge in [0, 0.05) is 17.2 Å². The number of phenolic OH excluding ortho intramolecular Hbond substituents is 1. The minimum Gasteiger partial charge on any atom is -0.507 e. The number of hydrogen-bond donors (Lipinski definition) is 2. The SMILES string of the molecule is CCCc1cc(-c2n[nH]nc2-c2ccc3c(c2)OCCO3)c(O)cc1OC. The summed E-state index contributed by atoms with van der Waals surface area (Å²) in [5, 5.41) is 21.8. The lowest BCUT2D eigenvalue weighted by molar-refractivity contribution is 0.171. The van der Waals surface area contributed by atoms with Gasteiger partial charge in [-0.25, -0.2) is 0 Å². The Morgan fingerprint density at radius 3 is 2.63 bits per heavy atom. The molecule has 140 valence electrons. The van der Waals surface area contributed by atoms with E-state index in [4.69, 9.17) is 14.2 Å². The Bertz CT molecular complexity index is 968. The number of methoxy groups -OCH3 is 1. The van der Waals surface area contributed by atoms with Crippen molar-refractivity contribution in [2.45, 2.75) is 19.8 Å². The minimum atomic E-state index is 0.0967. The average molecular weight is 367 g/mol. The highest BCUT2D eigenvalue weighted by Gasteiger charge is 2.20. The lowest BCUT2D eigenvalue weighted by atomic mass is 9.99. The molecule has 0 unspecified atom stereocenters. The highest BCUT2D eigenvalue weighted by molar-refractivity contribution is 5.82. The molecule has 3 aromatic rings. The van der Waals surface area contributed by atoms with Crippen molar-refractivity contribution < 1.29 is 19.3 Å². The number of aromatic amines is 1. The van der Waals surface area contributed by atoms with Crippen LogP contribution in [0.3, 0.4) is 0 Å². The molecule has 27 heavy (non-hydrogen) atoms. The Balaban J connectivity index is 1.79. The summed E-state index contributed by atoms with van der Waals surface area (Å²) in [5.41, 5.74) is 3.66.